The Morgan fingerprint density at radius 2 is 2.41 bits per heavy atom. The molecule has 1 aliphatic heterocycles. The van der Waals surface area contributed by atoms with Crippen LogP contribution in [0.1, 0.15) is 33.1 Å². The van der Waals surface area contributed by atoms with Crippen molar-refractivity contribution in [3.8, 4) is 0 Å². The van der Waals surface area contributed by atoms with Crippen LogP contribution in [0.5, 0.6) is 0 Å². The third kappa shape index (κ3) is 5.95. The normalized spacial score (nSPS) is 15.2. The highest BCUT2D eigenvalue weighted by atomic mass is 16.1. The molecule has 0 atom stereocenters. The minimum Gasteiger partial charge on any atom is -0.383 e. The van der Waals surface area contributed by atoms with Crippen molar-refractivity contribution < 1.29 is 4.79 Å². The van der Waals surface area contributed by atoms with Gasteiger partial charge in [0.2, 0.25) is 5.91 Å². The molecule has 17 heavy (non-hydrogen) atoms. The van der Waals surface area contributed by atoms with Crippen LogP contribution in [0.25, 0.3) is 0 Å². The van der Waals surface area contributed by atoms with Gasteiger partial charge in [0.25, 0.3) is 0 Å². The average Bonchev–Trinajstić information content (AvgIpc) is 2.35. The minimum atomic E-state index is -0.00384. The number of carbonyl (C=O) groups excluding carboxylic acids is 1. The van der Waals surface area contributed by atoms with Crippen molar-refractivity contribution in [3.63, 3.8) is 0 Å². The summed E-state index contributed by atoms with van der Waals surface area (Å²) in [6, 6.07) is 0. The molecule has 0 spiro atoms. The predicted octanol–water partition coefficient (Wildman–Crippen LogP) is 2.28. The first kappa shape index (κ1) is 13.6. The Bertz CT molecular complexity index is 340. The SMILES string of the molecule is CCCC/C(C)=C/C(=O)NCC1=CC=CCN1. The van der Waals surface area contributed by atoms with Gasteiger partial charge in [0.05, 0.1) is 6.54 Å². The summed E-state index contributed by atoms with van der Waals surface area (Å²) >= 11 is 0. The summed E-state index contributed by atoms with van der Waals surface area (Å²) < 4.78 is 0. The molecule has 0 aliphatic carbocycles. The highest BCUT2D eigenvalue weighted by molar-refractivity contribution is 5.88. The molecule has 1 rings (SSSR count). The highest BCUT2D eigenvalue weighted by Crippen LogP contribution is 2.05. The summed E-state index contributed by atoms with van der Waals surface area (Å²) in [7, 11) is 0. The average molecular weight is 234 g/mol. The maximum atomic E-state index is 11.6. The molecular formula is C14H22N2O. The summed E-state index contributed by atoms with van der Waals surface area (Å²) in [5, 5.41) is 6.08. The Morgan fingerprint density at radius 3 is 3.06 bits per heavy atom. The van der Waals surface area contributed by atoms with Gasteiger partial charge in [-0.2, -0.15) is 0 Å². The van der Waals surface area contributed by atoms with E-state index in [1.807, 2.05) is 25.2 Å². The maximum Gasteiger partial charge on any atom is 0.244 e. The van der Waals surface area contributed by atoms with Gasteiger partial charge in [0, 0.05) is 18.3 Å². The van der Waals surface area contributed by atoms with Crippen LogP contribution >= 0.6 is 0 Å². The summed E-state index contributed by atoms with van der Waals surface area (Å²) in [4.78, 5) is 11.6. The maximum absolute atomic E-state index is 11.6. The fraction of sp³-hybridized carbons (Fsp3) is 0.500. The molecular weight excluding hydrogens is 212 g/mol. The molecule has 0 bridgehead atoms. The Labute approximate surface area is 104 Å². The first-order valence-electron chi connectivity index (χ1n) is 6.27. The van der Waals surface area contributed by atoms with Gasteiger partial charge in [-0.05, 0) is 25.8 Å². The molecule has 1 aliphatic rings. The highest BCUT2D eigenvalue weighted by Gasteiger charge is 2.01. The van der Waals surface area contributed by atoms with Crippen molar-refractivity contribution in [2.75, 3.05) is 13.1 Å². The molecule has 0 aromatic carbocycles. The molecule has 94 valence electrons. The van der Waals surface area contributed by atoms with Crippen molar-refractivity contribution >= 4 is 5.91 Å². The van der Waals surface area contributed by atoms with Gasteiger partial charge in [0.15, 0.2) is 0 Å². The van der Waals surface area contributed by atoms with E-state index < -0.39 is 0 Å². The van der Waals surface area contributed by atoms with Crippen molar-refractivity contribution in [1.29, 1.82) is 0 Å². The van der Waals surface area contributed by atoms with Crippen molar-refractivity contribution in [2.45, 2.75) is 33.1 Å². The van der Waals surface area contributed by atoms with Gasteiger partial charge in [-0.25, -0.2) is 0 Å². The van der Waals surface area contributed by atoms with E-state index in [1.54, 1.807) is 6.08 Å². The molecule has 1 amide bonds. The monoisotopic (exact) mass is 234 g/mol. The second kappa shape index (κ2) is 7.71. The molecule has 0 unspecified atom stereocenters. The van der Waals surface area contributed by atoms with E-state index in [0.717, 1.165) is 37.1 Å². The molecule has 0 saturated heterocycles. The molecule has 1 heterocycles. The number of hydrogen-bond donors (Lipinski definition) is 2. The molecule has 0 aromatic heterocycles. The van der Waals surface area contributed by atoms with Crippen LogP contribution in [0.15, 0.2) is 35.6 Å². The largest absolute Gasteiger partial charge is 0.383 e. The van der Waals surface area contributed by atoms with E-state index in [4.69, 9.17) is 0 Å². The van der Waals surface area contributed by atoms with Crippen LogP contribution in [0.2, 0.25) is 0 Å². The fourth-order valence-electron chi connectivity index (χ4n) is 1.61. The molecule has 3 nitrogen and oxygen atoms in total. The summed E-state index contributed by atoms with van der Waals surface area (Å²) in [5.74, 6) is -0.00384. The summed E-state index contributed by atoms with van der Waals surface area (Å²) in [6.45, 7) is 5.58. The van der Waals surface area contributed by atoms with E-state index in [-0.39, 0.29) is 5.91 Å². The van der Waals surface area contributed by atoms with E-state index in [2.05, 4.69) is 17.6 Å². The Hall–Kier alpha value is -1.51. The zero-order chi connectivity index (χ0) is 12.5. The standard InChI is InChI=1S/C14H22N2O/c1-3-4-7-12(2)10-14(17)16-11-13-8-5-6-9-15-13/h5-6,8,10,15H,3-4,7,9,11H2,1-2H3,(H,16,17)/b12-10+. The number of amides is 1. The van der Waals surface area contributed by atoms with E-state index >= 15 is 0 Å². The molecule has 3 heteroatoms. The van der Waals surface area contributed by atoms with Crippen LogP contribution in [-0.2, 0) is 4.79 Å². The Balaban J connectivity index is 2.29. The van der Waals surface area contributed by atoms with Gasteiger partial charge in [-0.1, -0.05) is 31.1 Å². The van der Waals surface area contributed by atoms with E-state index in [0.29, 0.717) is 6.54 Å². The van der Waals surface area contributed by atoms with Gasteiger partial charge >= 0.3 is 0 Å². The van der Waals surface area contributed by atoms with Gasteiger partial charge in [-0.15, -0.1) is 0 Å². The quantitative estimate of drug-likeness (QED) is 0.692. The summed E-state index contributed by atoms with van der Waals surface area (Å²) in [5.41, 5.74) is 2.20. The smallest absolute Gasteiger partial charge is 0.244 e. The number of rotatable bonds is 6. The third-order valence-corrected chi connectivity index (χ3v) is 2.64. The molecule has 2 N–H and O–H groups in total. The first-order chi connectivity index (χ1) is 8.22. The Morgan fingerprint density at radius 1 is 1.59 bits per heavy atom. The third-order valence-electron chi connectivity index (χ3n) is 2.64. The zero-order valence-corrected chi connectivity index (χ0v) is 10.8. The van der Waals surface area contributed by atoms with Crippen molar-refractivity contribution in [3.05, 3.63) is 35.6 Å². The van der Waals surface area contributed by atoms with Crippen molar-refractivity contribution in [2.24, 2.45) is 0 Å². The lowest BCUT2D eigenvalue weighted by Gasteiger charge is -2.12. The van der Waals surface area contributed by atoms with Gasteiger partial charge < -0.3 is 10.6 Å². The van der Waals surface area contributed by atoms with Crippen LogP contribution in [0.3, 0.4) is 0 Å². The van der Waals surface area contributed by atoms with Crippen LogP contribution in [0, 0.1) is 0 Å². The lowest BCUT2D eigenvalue weighted by atomic mass is 10.1. The minimum absolute atomic E-state index is 0.00384. The summed E-state index contributed by atoms with van der Waals surface area (Å²) in [6.07, 6.45) is 11.0. The zero-order valence-electron chi connectivity index (χ0n) is 10.8. The number of allylic oxidation sites excluding steroid dienone is 3. The van der Waals surface area contributed by atoms with Crippen LogP contribution in [-0.4, -0.2) is 19.0 Å². The Kier molecular flexibility index (Phi) is 6.15. The van der Waals surface area contributed by atoms with E-state index in [9.17, 15) is 4.79 Å². The number of nitrogens with one attached hydrogen (secondary N) is 2. The molecule has 0 fully saturated rings. The van der Waals surface area contributed by atoms with Crippen LogP contribution in [0.4, 0.5) is 0 Å². The second-order valence-corrected chi connectivity index (χ2v) is 4.31. The number of dihydropyridines is 1. The number of hydrogen-bond acceptors (Lipinski definition) is 2. The molecule has 0 saturated carbocycles. The molecule has 0 radical (unpaired) electrons. The van der Waals surface area contributed by atoms with Gasteiger partial charge in [-0.3, -0.25) is 4.79 Å². The number of unbranched alkanes of at least 4 members (excludes halogenated alkanes) is 1. The predicted molar refractivity (Wildman–Crippen MR) is 71.5 cm³/mol. The van der Waals surface area contributed by atoms with Gasteiger partial charge in [0.1, 0.15) is 0 Å². The van der Waals surface area contributed by atoms with E-state index in [1.165, 1.54) is 0 Å². The lowest BCUT2D eigenvalue weighted by Crippen LogP contribution is -2.30. The van der Waals surface area contributed by atoms with Crippen molar-refractivity contribution in [1.82, 2.24) is 10.6 Å². The number of carbonyl (C=O) groups is 1. The second-order valence-electron chi connectivity index (χ2n) is 4.31. The van der Waals surface area contributed by atoms with Crippen LogP contribution < -0.4 is 10.6 Å². The molecule has 0 aromatic rings. The fourth-order valence-corrected chi connectivity index (χ4v) is 1.61. The topological polar surface area (TPSA) is 41.1 Å². The first-order valence-corrected chi connectivity index (χ1v) is 6.27. The lowest BCUT2D eigenvalue weighted by molar-refractivity contribution is -0.116.